The summed E-state index contributed by atoms with van der Waals surface area (Å²) in [6.07, 6.45) is 20.2. The minimum Gasteiger partial charge on any atom is -1.00 e. The van der Waals surface area contributed by atoms with Gasteiger partial charge in [-0.2, -0.15) is 0 Å². The summed E-state index contributed by atoms with van der Waals surface area (Å²) in [5, 5.41) is 29.1. The number of phenols is 1. The van der Waals surface area contributed by atoms with E-state index in [2.05, 4.69) is 64.7 Å². The van der Waals surface area contributed by atoms with Crippen LogP contribution in [0.1, 0.15) is 165 Å². The molecule has 0 spiro atoms. The molecule has 0 aliphatic carbocycles. The molecular weight excluding hydrogens is 622 g/mol. The van der Waals surface area contributed by atoms with Crippen LogP contribution in [-0.4, -0.2) is 68.9 Å². The number of phenolic OH excluding ortho intramolecular Hbond substituents is 1. The van der Waals surface area contributed by atoms with Crippen LogP contribution in [0.2, 0.25) is 5.02 Å². The van der Waals surface area contributed by atoms with Crippen molar-refractivity contribution in [3.8, 4) is 11.4 Å². The van der Waals surface area contributed by atoms with Gasteiger partial charge in [0.25, 0.3) is 0 Å². The van der Waals surface area contributed by atoms with Gasteiger partial charge in [0.1, 0.15) is 22.5 Å². The number of hydrogen-bond donors (Lipinski definition) is 2. The standard InChI is InChI=1S/C20H24ClN3O.C18H36O2.Ca.2H/c1-19(2,3)12-9-14(20(4,5)6)18(25)17(10-12)24-22-15-8-7-13(21)11-16(15)23-24;1-2-3-4-5-6-7-8-9-10-11-12-13-14-15-16-17-18(19)20;;;/h7-11,25H,1-6H3;2-17H2,1H3,(H,19,20);;;/q;;+2;2*-1. The zero-order chi connectivity index (χ0) is 33.5. The quantitative estimate of drug-likeness (QED) is 0.109. The van der Waals surface area contributed by atoms with Gasteiger partial charge in [0.2, 0.25) is 0 Å². The molecule has 0 aliphatic rings. The summed E-state index contributed by atoms with van der Waals surface area (Å²) in [6, 6.07) is 9.44. The van der Waals surface area contributed by atoms with Crippen LogP contribution >= 0.6 is 11.6 Å². The van der Waals surface area contributed by atoms with Gasteiger partial charge in [0, 0.05) is 17.0 Å². The Labute approximate surface area is 317 Å². The molecule has 3 rings (SSSR count). The van der Waals surface area contributed by atoms with Crippen molar-refractivity contribution in [2.75, 3.05) is 0 Å². The predicted molar refractivity (Wildman–Crippen MR) is 198 cm³/mol. The second kappa shape index (κ2) is 21.6. The predicted octanol–water partition coefficient (Wildman–Crippen LogP) is 11.6. The number of unbranched alkanes of at least 4 members (excludes halogenated alkanes) is 14. The maximum atomic E-state index is 10.9. The molecule has 46 heavy (non-hydrogen) atoms. The summed E-state index contributed by atoms with van der Waals surface area (Å²) < 4.78 is 0. The van der Waals surface area contributed by atoms with Gasteiger partial charge in [-0.25, -0.2) is 0 Å². The summed E-state index contributed by atoms with van der Waals surface area (Å²) >= 11 is 6.05. The number of rotatable bonds is 17. The van der Waals surface area contributed by atoms with Crippen LogP contribution in [0.25, 0.3) is 16.7 Å². The Balaban J connectivity index is 0. The van der Waals surface area contributed by atoms with E-state index in [0.29, 0.717) is 22.6 Å². The van der Waals surface area contributed by atoms with E-state index in [1.54, 1.807) is 12.1 Å². The van der Waals surface area contributed by atoms with E-state index in [1.165, 1.54) is 88.3 Å². The second-order valence-corrected chi connectivity index (χ2v) is 15.0. The summed E-state index contributed by atoms with van der Waals surface area (Å²) in [5.74, 6) is -0.438. The maximum Gasteiger partial charge on any atom is 2.00 e. The van der Waals surface area contributed by atoms with E-state index in [-0.39, 0.29) is 57.2 Å². The van der Waals surface area contributed by atoms with Crippen LogP contribution in [0.4, 0.5) is 0 Å². The number of carbonyl (C=O) groups is 1. The number of aliphatic carboxylic acids is 1. The largest absolute Gasteiger partial charge is 2.00 e. The van der Waals surface area contributed by atoms with Crippen molar-refractivity contribution in [3.05, 3.63) is 46.5 Å². The van der Waals surface area contributed by atoms with E-state index >= 15 is 0 Å². The topological polar surface area (TPSA) is 88.2 Å². The third-order valence-electron chi connectivity index (χ3n) is 8.32. The molecule has 0 saturated heterocycles. The van der Waals surface area contributed by atoms with Crippen molar-refractivity contribution >= 4 is 66.3 Å². The number of benzene rings is 2. The van der Waals surface area contributed by atoms with Gasteiger partial charge in [-0.1, -0.05) is 156 Å². The molecular formula is C38H62CaClN3O3. The Morgan fingerprint density at radius 1 is 0.739 bits per heavy atom. The second-order valence-electron chi connectivity index (χ2n) is 14.6. The first-order valence-electron chi connectivity index (χ1n) is 17.4. The summed E-state index contributed by atoms with van der Waals surface area (Å²) in [6.45, 7) is 15.0. The molecule has 0 saturated carbocycles. The van der Waals surface area contributed by atoms with E-state index in [9.17, 15) is 9.90 Å². The number of fused-ring (bicyclic) bond motifs is 1. The van der Waals surface area contributed by atoms with Gasteiger partial charge in [-0.3, -0.25) is 4.79 Å². The zero-order valence-electron chi connectivity index (χ0n) is 31.9. The Morgan fingerprint density at radius 3 is 1.67 bits per heavy atom. The van der Waals surface area contributed by atoms with Crippen LogP contribution in [0.3, 0.4) is 0 Å². The van der Waals surface area contributed by atoms with Gasteiger partial charge in [0.15, 0.2) is 0 Å². The van der Waals surface area contributed by atoms with Crippen LogP contribution < -0.4 is 0 Å². The third-order valence-corrected chi connectivity index (χ3v) is 8.55. The molecule has 256 valence electrons. The first-order chi connectivity index (χ1) is 21.2. The van der Waals surface area contributed by atoms with Gasteiger partial charge in [-0.15, -0.1) is 15.0 Å². The molecule has 8 heteroatoms. The minimum atomic E-state index is -0.653. The number of halogens is 1. The van der Waals surface area contributed by atoms with Gasteiger partial charge < -0.3 is 13.1 Å². The SMILES string of the molecule is CC(C)(C)c1cc(-n2nc3ccc(Cl)cc3n2)c(O)c(C(C)(C)C)c1.CCCCCCCCCCCCCCCCCC(=O)O.[Ca+2].[H-].[H-]. The average Bonchev–Trinajstić information content (AvgIpc) is 3.37. The van der Waals surface area contributed by atoms with Gasteiger partial charge in [-0.05, 0) is 47.1 Å². The molecule has 1 heterocycles. The number of aromatic hydroxyl groups is 1. The molecule has 0 bridgehead atoms. The van der Waals surface area contributed by atoms with Crippen LogP contribution in [0.5, 0.6) is 5.75 Å². The zero-order valence-corrected chi connectivity index (χ0v) is 32.9. The Hall–Kier alpha value is -1.34. The van der Waals surface area contributed by atoms with E-state index in [0.717, 1.165) is 29.5 Å². The number of hydrogen-bond acceptors (Lipinski definition) is 4. The molecule has 1 aromatic heterocycles. The number of carboxylic acids is 1. The number of nitrogens with zero attached hydrogens (tertiary/aromatic N) is 3. The van der Waals surface area contributed by atoms with E-state index in [1.807, 2.05) is 12.1 Å². The Bertz CT molecular complexity index is 1320. The van der Waals surface area contributed by atoms with E-state index < -0.39 is 5.97 Å². The van der Waals surface area contributed by atoms with Crippen molar-refractivity contribution in [1.82, 2.24) is 15.0 Å². The monoisotopic (exact) mass is 683 g/mol. The molecule has 0 aliphatic heterocycles. The molecule has 6 nitrogen and oxygen atoms in total. The summed E-state index contributed by atoms with van der Waals surface area (Å²) in [5.41, 5.74) is 3.78. The van der Waals surface area contributed by atoms with Crippen molar-refractivity contribution < 1.29 is 17.9 Å². The van der Waals surface area contributed by atoms with Gasteiger partial charge >= 0.3 is 43.7 Å². The fourth-order valence-corrected chi connectivity index (χ4v) is 5.59. The van der Waals surface area contributed by atoms with Crippen LogP contribution in [0, 0.1) is 0 Å². The van der Waals surface area contributed by atoms with Crippen molar-refractivity contribution in [1.29, 1.82) is 0 Å². The molecule has 0 atom stereocenters. The first-order valence-corrected chi connectivity index (χ1v) is 17.7. The Kier molecular flexibility index (Phi) is 20.0. The van der Waals surface area contributed by atoms with Gasteiger partial charge in [0.05, 0.1) is 0 Å². The molecule has 2 aromatic carbocycles. The van der Waals surface area contributed by atoms with Crippen molar-refractivity contribution in [3.63, 3.8) is 0 Å². The van der Waals surface area contributed by atoms with Crippen molar-refractivity contribution in [2.24, 2.45) is 0 Å². The fraction of sp³-hybridized carbons (Fsp3) is 0.658. The number of aromatic nitrogens is 3. The Morgan fingerprint density at radius 2 is 1.22 bits per heavy atom. The van der Waals surface area contributed by atoms with E-state index in [4.69, 9.17) is 16.7 Å². The van der Waals surface area contributed by atoms with Crippen LogP contribution in [0.15, 0.2) is 30.3 Å². The molecule has 0 unspecified atom stereocenters. The molecule has 0 radical (unpaired) electrons. The minimum absolute atomic E-state index is 0. The first kappa shape index (κ1) is 42.7. The molecule has 2 N–H and O–H groups in total. The van der Waals surface area contributed by atoms with Crippen molar-refractivity contribution in [2.45, 2.75) is 162 Å². The maximum absolute atomic E-state index is 10.9. The fourth-order valence-electron chi connectivity index (χ4n) is 5.42. The molecule has 0 amide bonds. The normalized spacial score (nSPS) is 11.7. The average molecular weight is 684 g/mol. The number of carboxylic acid groups (broad SMARTS) is 1. The summed E-state index contributed by atoms with van der Waals surface area (Å²) in [7, 11) is 0. The summed E-state index contributed by atoms with van der Waals surface area (Å²) in [4.78, 5) is 11.8. The third kappa shape index (κ3) is 15.7. The van der Waals surface area contributed by atoms with Crippen LogP contribution in [-0.2, 0) is 15.6 Å². The smallest absolute Gasteiger partial charge is 1.00 e. The molecule has 0 fully saturated rings. The molecule has 3 aromatic rings.